The topological polar surface area (TPSA) is 85.1 Å². The summed E-state index contributed by atoms with van der Waals surface area (Å²) < 4.78 is 21.7. The van der Waals surface area contributed by atoms with Crippen LogP contribution in [0, 0.1) is 0 Å². The van der Waals surface area contributed by atoms with Crippen LogP contribution in [0.25, 0.3) is 10.9 Å². The van der Waals surface area contributed by atoms with Crippen molar-refractivity contribution in [2.75, 3.05) is 26.3 Å². The summed E-state index contributed by atoms with van der Waals surface area (Å²) in [7, 11) is 3.23. The molecule has 8 nitrogen and oxygen atoms in total. The predicted molar refractivity (Wildman–Crippen MR) is 142 cm³/mol. The molecule has 0 fully saturated rings. The third-order valence-corrected chi connectivity index (χ3v) is 6.27. The molecule has 36 heavy (non-hydrogen) atoms. The van der Waals surface area contributed by atoms with Gasteiger partial charge in [0.05, 0.1) is 20.8 Å². The molecule has 2 heterocycles. The molecule has 0 atom stereocenters. The first kappa shape index (κ1) is 23.5. The van der Waals surface area contributed by atoms with E-state index in [1.807, 2.05) is 71.6 Å². The Balaban J connectivity index is 1.46. The number of nitrogens with zero attached hydrogens (tertiary/aromatic N) is 1. The number of nitrogens with one attached hydrogen (secondary N) is 2. The summed E-state index contributed by atoms with van der Waals surface area (Å²) in [5, 5.41) is 4.61. The van der Waals surface area contributed by atoms with Crippen LogP contribution in [-0.2, 0) is 13.1 Å². The lowest BCUT2D eigenvalue weighted by molar-refractivity contribution is 0.174. The van der Waals surface area contributed by atoms with E-state index in [0.29, 0.717) is 40.2 Å². The van der Waals surface area contributed by atoms with Gasteiger partial charge in [-0.3, -0.25) is 4.79 Å². The van der Waals surface area contributed by atoms with Gasteiger partial charge in [-0.05, 0) is 66.3 Å². The molecule has 1 aromatic heterocycles. The molecule has 0 saturated carbocycles. The number of methoxy groups -OCH3 is 2. The van der Waals surface area contributed by atoms with Crippen molar-refractivity contribution < 1.29 is 18.9 Å². The number of pyridine rings is 1. The van der Waals surface area contributed by atoms with Crippen molar-refractivity contribution in [3.05, 3.63) is 88.2 Å². The van der Waals surface area contributed by atoms with Crippen LogP contribution in [0.3, 0.4) is 0 Å². The van der Waals surface area contributed by atoms with E-state index < -0.39 is 0 Å². The lowest BCUT2D eigenvalue weighted by Gasteiger charge is -2.26. The van der Waals surface area contributed by atoms with Gasteiger partial charge in [-0.15, -0.1) is 0 Å². The fourth-order valence-corrected chi connectivity index (χ4v) is 4.29. The van der Waals surface area contributed by atoms with Crippen LogP contribution < -0.4 is 29.8 Å². The summed E-state index contributed by atoms with van der Waals surface area (Å²) in [5.41, 5.74) is 2.89. The highest BCUT2D eigenvalue weighted by molar-refractivity contribution is 7.80. The molecule has 0 radical (unpaired) electrons. The third-order valence-electron chi connectivity index (χ3n) is 5.91. The van der Waals surface area contributed by atoms with E-state index in [1.165, 1.54) is 0 Å². The van der Waals surface area contributed by atoms with Gasteiger partial charge in [0.25, 0.3) is 5.56 Å². The molecular weight excluding hydrogens is 478 g/mol. The molecule has 9 heteroatoms. The minimum atomic E-state index is -0.174. The molecule has 1 aliphatic rings. The van der Waals surface area contributed by atoms with E-state index in [1.54, 1.807) is 14.2 Å². The zero-order chi connectivity index (χ0) is 25.1. The Morgan fingerprint density at radius 1 is 0.972 bits per heavy atom. The summed E-state index contributed by atoms with van der Waals surface area (Å²) in [5.74, 6) is 2.83. The van der Waals surface area contributed by atoms with Gasteiger partial charge >= 0.3 is 0 Å². The minimum Gasteiger partial charge on any atom is -0.497 e. The van der Waals surface area contributed by atoms with Gasteiger partial charge in [-0.2, -0.15) is 0 Å². The number of aromatic nitrogens is 1. The van der Waals surface area contributed by atoms with Gasteiger partial charge < -0.3 is 34.1 Å². The highest BCUT2D eigenvalue weighted by Crippen LogP contribution is 2.33. The second-order valence-electron chi connectivity index (χ2n) is 8.28. The van der Waals surface area contributed by atoms with Crippen molar-refractivity contribution in [2.24, 2.45) is 0 Å². The van der Waals surface area contributed by atoms with E-state index in [-0.39, 0.29) is 18.9 Å². The van der Waals surface area contributed by atoms with Crippen molar-refractivity contribution in [1.29, 1.82) is 0 Å². The van der Waals surface area contributed by atoms with E-state index in [2.05, 4.69) is 10.3 Å². The molecule has 0 bridgehead atoms. The Morgan fingerprint density at radius 3 is 2.61 bits per heavy atom. The molecule has 184 valence electrons. The number of hydrogen-bond acceptors (Lipinski definition) is 6. The van der Waals surface area contributed by atoms with Gasteiger partial charge in [-0.1, -0.05) is 12.1 Å². The standard InChI is InChI=1S/C27H25N3O5S/c1-32-21-5-3-4-20(13-21)28-27(36)30(14-17-6-9-24-25(10-17)35-16-34-24)15-19-11-18-12-22(33-2)7-8-23(18)29-26(19)31/h3-13H,14-16H2,1-2H3,(H,28,36)(H,29,31). The van der Waals surface area contributed by atoms with Crippen LogP contribution in [0.15, 0.2) is 71.5 Å². The normalized spacial score (nSPS) is 11.8. The second kappa shape index (κ2) is 10.2. The lowest BCUT2D eigenvalue weighted by Crippen LogP contribution is -2.35. The molecule has 2 N–H and O–H groups in total. The van der Waals surface area contributed by atoms with Crippen molar-refractivity contribution in [2.45, 2.75) is 13.1 Å². The summed E-state index contributed by atoms with van der Waals surface area (Å²) in [6.45, 7) is 0.934. The van der Waals surface area contributed by atoms with Crippen molar-refractivity contribution in [3.63, 3.8) is 0 Å². The number of thiocarbonyl (C=S) groups is 1. The first-order valence-corrected chi connectivity index (χ1v) is 11.7. The van der Waals surface area contributed by atoms with Crippen LogP contribution in [0.1, 0.15) is 11.1 Å². The Bertz CT molecular complexity index is 1490. The van der Waals surface area contributed by atoms with E-state index in [9.17, 15) is 4.79 Å². The number of H-pyrrole nitrogens is 1. The summed E-state index contributed by atoms with van der Waals surface area (Å²) in [6, 6.07) is 20.7. The first-order valence-electron chi connectivity index (χ1n) is 11.3. The zero-order valence-electron chi connectivity index (χ0n) is 19.9. The maximum atomic E-state index is 13.0. The van der Waals surface area contributed by atoms with Gasteiger partial charge in [0.15, 0.2) is 16.6 Å². The number of rotatable bonds is 7. The average molecular weight is 504 g/mol. The van der Waals surface area contributed by atoms with E-state index >= 15 is 0 Å². The first-order chi connectivity index (χ1) is 17.5. The molecule has 0 spiro atoms. The minimum absolute atomic E-state index is 0.174. The van der Waals surface area contributed by atoms with Crippen LogP contribution >= 0.6 is 12.2 Å². The van der Waals surface area contributed by atoms with Crippen molar-refractivity contribution in [1.82, 2.24) is 9.88 Å². The van der Waals surface area contributed by atoms with Gasteiger partial charge in [0, 0.05) is 34.8 Å². The molecular formula is C27H25N3O5S. The van der Waals surface area contributed by atoms with Crippen molar-refractivity contribution >= 4 is 33.9 Å². The highest BCUT2D eigenvalue weighted by atomic mass is 32.1. The number of aromatic amines is 1. The third kappa shape index (κ3) is 5.06. The fraction of sp³-hybridized carbons (Fsp3) is 0.185. The Kier molecular flexibility index (Phi) is 6.64. The summed E-state index contributed by atoms with van der Waals surface area (Å²) in [4.78, 5) is 17.9. The Hall–Kier alpha value is -4.24. The number of ether oxygens (including phenoxy) is 4. The largest absolute Gasteiger partial charge is 0.497 e. The monoisotopic (exact) mass is 503 g/mol. The van der Waals surface area contributed by atoms with Gasteiger partial charge in [0.1, 0.15) is 11.5 Å². The molecule has 5 rings (SSSR count). The number of hydrogen-bond donors (Lipinski definition) is 2. The van der Waals surface area contributed by atoms with E-state index in [4.69, 9.17) is 31.2 Å². The number of anilines is 1. The maximum Gasteiger partial charge on any atom is 0.253 e. The lowest BCUT2D eigenvalue weighted by atomic mass is 10.1. The van der Waals surface area contributed by atoms with Crippen LogP contribution in [0.5, 0.6) is 23.0 Å². The summed E-state index contributed by atoms with van der Waals surface area (Å²) >= 11 is 5.80. The highest BCUT2D eigenvalue weighted by Gasteiger charge is 2.18. The SMILES string of the molecule is COc1cccc(NC(=S)N(Cc2ccc3c(c2)OCO3)Cc2cc3cc(OC)ccc3[nH]c2=O)c1. The van der Waals surface area contributed by atoms with Crippen molar-refractivity contribution in [3.8, 4) is 23.0 Å². The summed E-state index contributed by atoms with van der Waals surface area (Å²) in [6.07, 6.45) is 0. The molecule has 3 aromatic carbocycles. The van der Waals surface area contributed by atoms with Crippen LogP contribution in [-0.4, -0.2) is 36.0 Å². The number of benzene rings is 3. The Labute approximate surface area is 213 Å². The molecule has 0 unspecified atom stereocenters. The van der Waals surface area contributed by atoms with Gasteiger partial charge in [-0.25, -0.2) is 0 Å². The molecule has 1 aliphatic heterocycles. The van der Waals surface area contributed by atoms with Gasteiger partial charge in [0.2, 0.25) is 6.79 Å². The fourth-order valence-electron chi connectivity index (χ4n) is 4.04. The average Bonchev–Trinajstić information content (AvgIpc) is 3.36. The second-order valence-corrected chi connectivity index (χ2v) is 8.67. The molecule has 0 aliphatic carbocycles. The van der Waals surface area contributed by atoms with Crippen LogP contribution in [0.2, 0.25) is 0 Å². The Morgan fingerprint density at radius 2 is 1.78 bits per heavy atom. The predicted octanol–water partition coefficient (Wildman–Crippen LogP) is 4.67. The maximum absolute atomic E-state index is 13.0. The molecule has 0 saturated heterocycles. The molecule has 0 amide bonds. The quantitative estimate of drug-likeness (QED) is 0.352. The molecule has 4 aromatic rings. The number of fused-ring (bicyclic) bond motifs is 2. The zero-order valence-corrected chi connectivity index (χ0v) is 20.7. The van der Waals surface area contributed by atoms with E-state index in [0.717, 1.165) is 22.2 Å². The smallest absolute Gasteiger partial charge is 0.253 e. The van der Waals surface area contributed by atoms with Crippen LogP contribution in [0.4, 0.5) is 5.69 Å².